The van der Waals surface area contributed by atoms with Crippen LogP contribution in [0.15, 0.2) is 12.1 Å². The molecule has 0 fully saturated rings. The van der Waals surface area contributed by atoms with Crippen molar-refractivity contribution in [3.63, 3.8) is 0 Å². The van der Waals surface area contributed by atoms with E-state index < -0.39 is 11.8 Å². The van der Waals surface area contributed by atoms with Gasteiger partial charge in [0.1, 0.15) is 0 Å². The fourth-order valence-electron chi connectivity index (χ4n) is 1.28. The quantitative estimate of drug-likeness (QED) is 0.775. The fourth-order valence-corrected chi connectivity index (χ4v) is 1.28. The highest BCUT2D eigenvalue weighted by molar-refractivity contribution is 5.70. The Hall–Kier alpha value is -1.78. The number of fused-ring (bicyclic) bond motifs is 1. The molecule has 1 heterocycles. The van der Waals surface area contributed by atoms with E-state index in [2.05, 4.69) is 0 Å². The highest BCUT2D eigenvalue weighted by Gasteiger charge is 2.21. The molecule has 0 spiro atoms. The summed E-state index contributed by atoms with van der Waals surface area (Å²) in [6.45, 7) is -0.0250. The lowest BCUT2D eigenvalue weighted by atomic mass is 10.1. The zero-order valence-corrected chi connectivity index (χ0v) is 7.12. The number of carboxylic acids is 1. The molecule has 4 nitrogen and oxygen atoms in total. The van der Waals surface area contributed by atoms with Gasteiger partial charge in [0, 0.05) is 5.56 Å². The van der Waals surface area contributed by atoms with Crippen molar-refractivity contribution < 1.29 is 23.8 Å². The predicted molar refractivity (Wildman–Crippen MR) is 43.9 cm³/mol. The van der Waals surface area contributed by atoms with Crippen molar-refractivity contribution in [1.82, 2.24) is 0 Å². The van der Waals surface area contributed by atoms with E-state index in [-0.39, 0.29) is 24.5 Å². The molecule has 2 rings (SSSR count). The first-order valence-electron chi connectivity index (χ1n) is 3.97. The van der Waals surface area contributed by atoms with Crippen LogP contribution in [0, 0.1) is 5.82 Å². The molecule has 14 heavy (non-hydrogen) atoms. The SMILES string of the molecule is O=C(O)Cc1ccc2c(c1F)OCO2. The van der Waals surface area contributed by atoms with E-state index in [1.54, 1.807) is 0 Å². The molecule has 0 aromatic heterocycles. The molecule has 0 radical (unpaired) electrons. The van der Waals surface area contributed by atoms with Gasteiger partial charge in [0.15, 0.2) is 11.6 Å². The normalized spacial score (nSPS) is 12.9. The minimum Gasteiger partial charge on any atom is -0.481 e. The summed E-state index contributed by atoms with van der Waals surface area (Å²) in [5, 5.41) is 8.50. The summed E-state index contributed by atoms with van der Waals surface area (Å²) >= 11 is 0. The summed E-state index contributed by atoms with van der Waals surface area (Å²) < 4.78 is 23.3. The Bertz CT molecular complexity index is 389. The van der Waals surface area contributed by atoms with E-state index in [1.165, 1.54) is 12.1 Å². The van der Waals surface area contributed by atoms with Gasteiger partial charge in [-0.3, -0.25) is 4.79 Å². The Morgan fingerprint density at radius 3 is 3.00 bits per heavy atom. The number of carbonyl (C=O) groups is 1. The average Bonchev–Trinajstić information content (AvgIpc) is 2.57. The summed E-state index contributed by atoms with van der Waals surface area (Å²) in [6.07, 6.45) is -0.359. The van der Waals surface area contributed by atoms with Crippen LogP contribution in [-0.2, 0) is 11.2 Å². The van der Waals surface area contributed by atoms with Gasteiger partial charge in [-0.25, -0.2) is 4.39 Å². The van der Waals surface area contributed by atoms with Crippen molar-refractivity contribution in [1.29, 1.82) is 0 Å². The monoisotopic (exact) mass is 198 g/mol. The molecule has 1 aromatic carbocycles. The van der Waals surface area contributed by atoms with Crippen LogP contribution in [0.3, 0.4) is 0 Å². The number of carboxylic acid groups (broad SMARTS) is 1. The molecule has 0 atom stereocenters. The number of halogens is 1. The first-order valence-corrected chi connectivity index (χ1v) is 3.97. The molecule has 1 aliphatic heterocycles. The van der Waals surface area contributed by atoms with Crippen molar-refractivity contribution in [2.75, 3.05) is 6.79 Å². The van der Waals surface area contributed by atoms with Crippen LogP contribution in [0.5, 0.6) is 11.5 Å². The lowest BCUT2D eigenvalue weighted by Crippen LogP contribution is -2.02. The van der Waals surface area contributed by atoms with Crippen molar-refractivity contribution in [3.8, 4) is 11.5 Å². The second-order valence-corrected chi connectivity index (χ2v) is 2.84. The molecule has 0 saturated heterocycles. The largest absolute Gasteiger partial charge is 0.481 e. The number of hydrogen-bond donors (Lipinski definition) is 1. The summed E-state index contributed by atoms with van der Waals surface area (Å²) in [5.74, 6) is -1.41. The number of rotatable bonds is 2. The Morgan fingerprint density at radius 1 is 1.50 bits per heavy atom. The van der Waals surface area contributed by atoms with Crippen LogP contribution >= 0.6 is 0 Å². The Morgan fingerprint density at radius 2 is 2.29 bits per heavy atom. The van der Waals surface area contributed by atoms with Gasteiger partial charge in [0.05, 0.1) is 6.42 Å². The summed E-state index contributed by atoms with van der Waals surface area (Å²) in [4.78, 5) is 10.4. The first-order chi connectivity index (χ1) is 6.68. The second kappa shape index (κ2) is 3.17. The number of benzene rings is 1. The first kappa shape index (κ1) is 8.80. The molecule has 0 unspecified atom stereocenters. The third-order valence-corrected chi connectivity index (χ3v) is 1.90. The lowest BCUT2D eigenvalue weighted by Gasteiger charge is -2.02. The maximum Gasteiger partial charge on any atom is 0.307 e. The molecular weight excluding hydrogens is 191 g/mol. The minimum absolute atomic E-state index is 0.00347. The van der Waals surface area contributed by atoms with Crippen molar-refractivity contribution >= 4 is 5.97 Å². The Balaban J connectivity index is 2.39. The molecule has 5 heteroatoms. The van der Waals surface area contributed by atoms with Crippen LogP contribution < -0.4 is 9.47 Å². The van der Waals surface area contributed by atoms with Crippen molar-refractivity contribution in [3.05, 3.63) is 23.5 Å². The molecule has 0 amide bonds. The van der Waals surface area contributed by atoms with E-state index in [9.17, 15) is 9.18 Å². The van der Waals surface area contributed by atoms with Crippen LogP contribution in [-0.4, -0.2) is 17.9 Å². The van der Waals surface area contributed by atoms with E-state index >= 15 is 0 Å². The van der Waals surface area contributed by atoms with Crippen LogP contribution in [0.25, 0.3) is 0 Å². The topological polar surface area (TPSA) is 55.8 Å². The van der Waals surface area contributed by atoms with Gasteiger partial charge >= 0.3 is 5.97 Å². The molecule has 1 N–H and O–H groups in total. The molecule has 1 aromatic rings. The maximum absolute atomic E-state index is 13.5. The molecule has 1 aliphatic rings. The summed E-state index contributed by atoms with van der Waals surface area (Å²) in [7, 11) is 0. The minimum atomic E-state index is -1.08. The van der Waals surface area contributed by atoms with Crippen molar-refractivity contribution in [2.45, 2.75) is 6.42 Å². The molecular formula is C9H7FO4. The number of hydrogen-bond acceptors (Lipinski definition) is 3. The third kappa shape index (κ3) is 1.37. The fraction of sp³-hybridized carbons (Fsp3) is 0.222. The van der Waals surface area contributed by atoms with Gasteiger partial charge in [-0.1, -0.05) is 6.07 Å². The van der Waals surface area contributed by atoms with Crippen LogP contribution in [0.4, 0.5) is 4.39 Å². The summed E-state index contributed by atoms with van der Waals surface area (Å²) in [6, 6.07) is 2.89. The highest BCUT2D eigenvalue weighted by Crippen LogP contribution is 2.36. The van der Waals surface area contributed by atoms with Gasteiger partial charge in [-0.2, -0.15) is 0 Å². The van der Waals surface area contributed by atoms with Gasteiger partial charge in [-0.05, 0) is 6.07 Å². The standard InChI is InChI=1S/C9H7FO4/c10-8-5(3-7(11)12)1-2-6-9(8)14-4-13-6/h1-2H,3-4H2,(H,11,12). The van der Waals surface area contributed by atoms with Crippen LogP contribution in [0.1, 0.15) is 5.56 Å². The zero-order chi connectivity index (χ0) is 10.1. The van der Waals surface area contributed by atoms with Gasteiger partial charge in [-0.15, -0.1) is 0 Å². The van der Waals surface area contributed by atoms with E-state index in [0.717, 1.165) is 0 Å². The predicted octanol–water partition coefficient (Wildman–Crippen LogP) is 1.18. The van der Waals surface area contributed by atoms with Crippen molar-refractivity contribution in [2.24, 2.45) is 0 Å². The van der Waals surface area contributed by atoms with E-state index in [0.29, 0.717) is 5.75 Å². The number of aliphatic carboxylic acids is 1. The highest BCUT2D eigenvalue weighted by atomic mass is 19.1. The van der Waals surface area contributed by atoms with Crippen LogP contribution in [0.2, 0.25) is 0 Å². The number of ether oxygens (including phenoxy) is 2. The molecule has 0 aliphatic carbocycles. The van der Waals surface area contributed by atoms with Gasteiger partial charge < -0.3 is 14.6 Å². The van der Waals surface area contributed by atoms with Gasteiger partial charge in [0.25, 0.3) is 0 Å². The zero-order valence-electron chi connectivity index (χ0n) is 7.12. The Kier molecular flexibility index (Phi) is 1.99. The summed E-state index contributed by atoms with van der Waals surface area (Å²) in [5.41, 5.74) is 0.0988. The average molecular weight is 198 g/mol. The van der Waals surface area contributed by atoms with E-state index in [1.807, 2.05) is 0 Å². The van der Waals surface area contributed by atoms with Gasteiger partial charge in [0.2, 0.25) is 12.5 Å². The molecule has 0 saturated carbocycles. The molecule has 0 bridgehead atoms. The lowest BCUT2D eigenvalue weighted by molar-refractivity contribution is -0.136. The maximum atomic E-state index is 13.5. The third-order valence-electron chi connectivity index (χ3n) is 1.90. The molecule has 74 valence electrons. The Labute approximate surface area is 78.9 Å². The van der Waals surface area contributed by atoms with E-state index in [4.69, 9.17) is 14.6 Å². The smallest absolute Gasteiger partial charge is 0.307 e. The second-order valence-electron chi connectivity index (χ2n) is 2.84.